The van der Waals surface area contributed by atoms with Crippen LogP contribution in [0.25, 0.3) is 0 Å². The van der Waals surface area contributed by atoms with Gasteiger partial charge in [0.05, 0.1) is 12.7 Å². The first-order valence-electron chi connectivity index (χ1n) is 5.36. The van der Waals surface area contributed by atoms with Crippen molar-refractivity contribution in [1.29, 1.82) is 5.26 Å². The molecule has 1 fully saturated rings. The molecule has 0 amide bonds. The van der Waals surface area contributed by atoms with Crippen LogP contribution < -0.4 is 0 Å². The molecule has 0 aliphatic carbocycles. The molecular formula is C12H12BrFN2O. The van der Waals surface area contributed by atoms with Gasteiger partial charge in [-0.05, 0) is 18.2 Å². The lowest BCUT2D eigenvalue weighted by Crippen LogP contribution is -2.41. The second-order valence-corrected chi connectivity index (χ2v) is 4.88. The molecule has 2 rings (SSSR count). The molecule has 0 radical (unpaired) electrons. The third kappa shape index (κ3) is 3.25. The van der Waals surface area contributed by atoms with Crippen molar-refractivity contribution in [2.75, 3.05) is 19.7 Å². The molecule has 17 heavy (non-hydrogen) atoms. The minimum absolute atomic E-state index is 0.215. The zero-order chi connectivity index (χ0) is 12.3. The third-order valence-electron chi connectivity index (χ3n) is 2.70. The molecular weight excluding hydrogens is 287 g/mol. The Morgan fingerprint density at radius 2 is 2.41 bits per heavy atom. The Balaban J connectivity index is 2.05. The molecule has 3 nitrogen and oxygen atoms in total. The maximum absolute atomic E-state index is 13.6. The molecule has 90 valence electrons. The van der Waals surface area contributed by atoms with Gasteiger partial charge >= 0.3 is 0 Å². The summed E-state index contributed by atoms with van der Waals surface area (Å²) < 4.78 is 19.7. The average Bonchev–Trinajstić information content (AvgIpc) is 2.34. The van der Waals surface area contributed by atoms with Gasteiger partial charge in [0.2, 0.25) is 0 Å². The van der Waals surface area contributed by atoms with E-state index in [1.54, 1.807) is 12.1 Å². The Morgan fingerprint density at radius 3 is 3.18 bits per heavy atom. The fourth-order valence-corrected chi connectivity index (χ4v) is 2.24. The van der Waals surface area contributed by atoms with Crippen molar-refractivity contribution in [3.05, 3.63) is 34.1 Å². The monoisotopic (exact) mass is 298 g/mol. The number of rotatable bonds is 2. The summed E-state index contributed by atoms with van der Waals surface area (Å²) in [6, 6.07) is 6.97. The quantitative estimate of drug-likeness (QED) is 0.841. The molecule has 5 heteroatoms. The lowest BCUT2D eigenvalue weighted by Gasteiger charge is -2.29. The van der Waals surface area contributed by atoms with Crippen LogP contribution in [0.15, 0.2) is 22.7 Å². The highest BCUT2D eigenvalue weighted by Gasteiger charge is 2.20. The van der Waals surface area contributed by atoms with E-state index in [-0.39, 0.29) is 5.82 Å². The largest absolute Gasteiger partial charge is 0.361 e. The Morgan fingerprint density at radius 1 is 1.59 bits per heavy atom. The van der Waals surface area contributed by atoms with Crippen molar-refractivity contribution in [3.8, 4) is 6.07 Å². The first-order valence-corrected chi connectivity index (χ1v) is 6.16. The van der Waals surface area contributed by atoms with Crippen molar-refractivity contribution in [2.24, 2.45) is 0 Å². The van der Waals surface area contributed by atoms with Gasteiger partial charge < -0.3 is 4.74 Å². The van der Waals surface area contributed by atoms with Crippen LogP contribution in [0.1, 0.15) is 5.56 Å². The van der Waals surface area contributed by atoms with E-state index in [1.807, 2.05) is 4.90 Å². The predicted molar refractivity (Wildman–Crippen MR) is 64.7 cm³/mol. The normalized spacial score (nSPS) is 21.1. The smallest absolute Gasteiger partial charge is 0.156 e. The molecule has 0 aromatic heterocycles. The summed E-state index contributed by atoms with van der Waals surface area (Å²) in [4.78, 5) is 2.03. The summed E-state index contributed by atoms with van der Waals surface area (Å²) in [5.41, 5.74) is 0.637. The second kappa shape index (κ2) is 5.58. The lowest BCUT2D eigenvalue weighted by molar-refractivity contribution is -0.00304. The maximum Gasteiger partial charge on any atom is 0.156 e. The van der Waals surface area contributed by atoms with Crippen LogP contribution in [0.5, 0.6) is 0 Å². The average molecular weight is 299 g/mol. The summed E-state index contributed by atoms with van der Waals surface area (Å²) in [6.07, 6.45) is -0.404. The first kappa shape index (κ1) is 12.5. The van der Waals surface area contributed by atoms with Gasteiger partial charge in [-0.3, -0.25) is 4.90 Å². The highest BCUT2D eigenvalue weighted by Crippen LogP contribution is 2.18. The SMILES string of the molecule is N#CC1CN(Cc2cc(Br)ccc2F)CCO1. The number of morpholine rings is 1. The molecule has 1 saturated heterocycles. The zero-order valence-electron chi connectivity index (χ0n) is 9.20. The van der Waals surface area contributed by atoms with Gasteiger partial charge in [0.1, 0.15) is 5.82 Å². The van der Waals surface area contributed by atoms with Crippen molar-refractivity contribution in [1.82, 2.24) is 4.90 Å². The van der Waals surface area contributed by atoms with Crippen LogP contribution in [0.2, 0.25) is 0 Å². The minimum atomic E-state index is -0.404. The Kier molecular flexibility index (Phi) is 4.11. The van der Waals surface area contributed by atoms with Crippen molar-refractivity contribution < 1.29 is 9.13 Å². The van der Waals surface area contributed by atoms with E-state index in [1.165, 1.54) is 6.07 Å². The Labute approximate surface area is 108 Å². The van der Waals surface area contributed by atoms with Crippen LogP contribution in [0.4, 0.5) is 4.39 Å². The molecule has 1 unspecified atom stereocenters. The van der Waals surface area contributed by atoms with E-state index in [4.69, 9.17) is 10.00 Å². The molecule has 1 aromatic carbocycles. The summed E-state index contributed by atoms with van der Waals surface area (Å²) in [5, 5.41) is 8.79. The second-order valence-electron chi connectivity index (χ2n) is 3.96. The molecule has 1 aliphatic rings. The number of nitrogens with zero attached hydrogens (tertiary/aromatic N) is 2. The van der Waals surface area contributed by atoms with Gasteiger partial charge in [-0.25, -0.2) is 4.39 Å². The standard InChI is InChI=1S/C12H12BrFN2O/c13-10-1-2-12(14)9(5-10)7-16-3-4-17-11(6-15)8-16/h1-2,5,11H,3-4,7-8H2. The van der Waals surface area contributed by atoms with Crippen LogP contribution in [0.3, 0.4) is 0 Å². The molecule has 0 N–H and O–H groups in total. The van der Waals surface area contributed by atoms with Crippen molar-refractivity contribution in [2.45, 2.75) is 12.6 Å². The van der Waals surface area contributed by atoms with E-state index < -0.39 is 6.10 Å². The minimum Gasteiger partial charge on any atom is -0.361 e. The van der Waals surface area contributed by atoms with Gasteiger partial charge in [-0.2, -0.15) is 5.26 Å². The molecule has 1 heterocycles. The Bertz CT molecular complexity index is 447. The van der Waals surface area contributed by atoms with Gasteiger partial charge in [-0.1, -0.05) is 15.9 Å². The van der Waals surface area contributed by atoms with Gasteiger partial charge in [0.15, 0.2) is 6.10 Å². The van der Waals surface area contributed by atoms with Crippen LogP contribution in [-0.4, -0.2) is 30.7 Å². The van der Waals surface area contributed by atoms with Crippen molar-refractivity contribution in [3.63, 3.8) is 0 Å². The number of halogens is 2. The third-order valence-corrected chi connectivity index (χ3v) is 3.19. The maximum atomic E-state index is 13.6. The fourth-order valence-electron chi connectivity index (χ4n) is 1.83. The van der Waals surface area contributed by atoms with E-state index in [0.717, 1.165) is 11.0 Å². The lowest BCUT2D eigenvalue weighted by atomic mass is 10.2. The molecule has 1 aromatic rings. The summed E-state index contributed by atoms with van der Waals surface area (Å²) in [6.45, 7) is 2.28. The van der Waals surface area contributed by atoms with Crippen LogP contribution >= 0.6 is 15.9 Å². The number of hydrogen-bond donors (Lipinski definition) is 0. The molecule has 1 aliphatic heterocycles. The summed E-state index contributed by atoms with van der Waals surface area (Å²) in [7, 11) is 0. The molecule has 1 atom stereocenters. The number of benzene rings is 1. The Hall–Kier alpha value is -0.960. The summed E-state index contributed by atoms with van der Waals surface area (Å²) in [5.74, 6) is -0.215. The van der Waals surface area contributed by atoms with E-state index in [2.05, 4.69) is 22.0 Å². The van der Waals surface area contributed by atoms with E-state index >= 15 is 0 Å². The number of hydrogen-bond acceptors (Lipinski definition) is 3. The zero-order valence-corrected chi connectivity index (χ0v) is 10.8. The number of nitriles is 1. The highest BCUT2D eigenvalue weighted by atomic mass is 79.9. The van der Waals surface area contributed by atoms with E-state index in [0.29, 0.717) is 25.3 Å². The fraction of sp³-hybridized carbons (Fsp3) is 0.417. The molecule has 0 bridgehead atoms. The van der Waals surface area contributed by atoms with Crippen LogP contribution in [-0.2, 0) is 11.3 Å². The molecule has 0 spiro atoms. The van der Waals surface area contributed by atoms with Gasteiger partial charge in [-0.15, -0.1) is 0 Å². The van der Waals surface area contributed by atoms with Crippen LogP contribution in [0, 0.1) is 17.1 Å². The number of ether oxygens (including phenoxy) is 1. The van der Waals surface area contributed by atoms with Gasteiger partial charge in [0.25, 0.3) is 0 Å². The van der Waals surface area contributed by atoms with E-state index in [9.17, 15) is 4.39 Å². The topological polar surface area (TPSA) is 36.3 Å². The first-order chi connectivity index (χ1) is 8.19. The highest BCUT2D eigenvalue weighted by molar-refractivity contribution is 9.10. The van der Waals surface area contributed by atoms with Gasteiger partial charge in [0, 0.05) is 29.7 Å². The molecule has 0 saturated carbocycles. The van der Waals surface area contributed by atoms with Crippen molar-refractivity contribution >= 4 is 15.9 Å². The summed E-state index contributed by atoms with van der Waals surface area (Å²) >= 11 is 3.32. The predicted octanol–water partition coefficient (Wildman–Crippen LogP) is 2.31.